The fraction of sp³-hybridized carbons (Fsp3) is 0.526. The first-order valence-corrected chi connectivity index (χ1v) is 9.45. The van der Waals surface area contributed by atoms with Gasteiger partial charge in [-0.15, -0.1) is 34.2 Å². The summed E-state index contributed by atoms with van der Waals surface area (Å²) in [4.78, 5) is 6.65. The van der Waals surface area contributed by atoms with Crippen molar-refractivity contribution >= 4 is 29.9 Å². The summed E-state index contributed by atoms with van der Waals surface area (Å²) in [6.07, 6.45) is 0. The van der Waals surface area contributed by atoms with Crippen molar-refractivity contribution in [2.24, 2.45) is 12.0 Å². The van der Waals surface area contributed by atoms with Crippen LogP contribution in [0.4, 0.5) is 4.39 Å². The SMILES string of the molecule is CN=C(NCc1nnc(C)n1C)NCC(c1ccc(F)cc1)N1CCOCC1.I. The first kappa shape index (κ1) is 23.5. The summed E-state index contributed by atoms with van der Waals surface area (Å²) < 4.78 is 20.8. The molecule has 0 bridgehead atoms. The van der Waals surface area contributed by atoms with Gasteiger partial charge in [-0.3, -0.25) is 9.89 Å². The Morgan fingerprint density at radius 1 is 1.21 bits per heavy atom. The van der Waals surface area contributed by atoms with Crippen LogP contribution in [-0.4, -0.2) is 65.5 Å². The normalized spacial score (nSPS) is 16.2. The number of halogens is 2. The van der Waals surface area contributed by atoms with Gasteiger partial charge in [-0.25, -0.2) is 4.39 Å². The summed E-state index contributed by atoms with van der Waals surface area (Å²) in [5.74, 6) is 2.15. The number of rotatable bonds is 6. The van der Waals surface area contributed by atoms with Gasteiger partial charge in [-0.1, -0.05) is 12.1 Å². The van der Waals surface area contributed by atoms with Crippen LogP contribution in [0.25, 0.3) is 0 Å². The Bertz CT molecular complexity index is 790. The Morgan fingerprint density at radius 2 is 1.90 bits per heavy atom. The van der Waals surface area contributed by atoms with Gasteiger partial charge < -0.3 is 19.9 Å². The molecule has 0 radical (unpaired) electrons. The minimum Gasteiger partial charge on any atom is -0.379 e. The molecule has 0 amide bonds. The van der Waals surface area contributed by atoms with Crippen molar-refractivity contribution in [2.45, 2.75) is 19.5 Å². The maximum atomic E-state index is 13.4. The molecule has 1 aliphatic heterocycles. The molecule has 3 rings (SSSR count). The van der Waals surface area contributed by atoms with Crippen LogP contribution in [0.5, 0.6) is 0 Å². The fourth-order valence-electron chi connectivity index (χ4n) is 3.21. The lowest BCUT2D eigenvalue weighted by Crippen LogP contribution is -2.46. The minimum absolute atomic E-state index is 0. The number of morpholine rings is 1. The number of aliphatic imine (C=N–C) groups is 1. The van der Waals surface area contributed by atoms with Crippen molar-refractivity contribution < 1.29 is 9.13 Å². The van der Waals surface area contributed by atoms with E-state index in [0.29, 0.717) is 32.3 Å². The van der Waals surface area contributed by atoms with E-state index in [1.165, 1.54) is 12.1 Å². The van der Waals surface area contributed by atoms with Crippen LogP contribution in [0, 0.1) is 12.7 Å². The molecule has 160 valence electrons. The van der Waals surface area contributed by atoms with E-state index in [9.17, 15) is 4.39 Å². The average Bonchev–Trinajstić information content (AvgIpc) is 3.04. The molecule has 8 nitrogen and oxygen atoms in total. The third-order valence-electron chi connectivity index (χ3n) is 5.02. The molecule has 1 aromatic heterocycles. The van der Waals surface area contributed by atoms with E-state index < -0.39 is 0 Å². The minimum atomic E-state index is -0.228. The topological polar surface area (TPSA) is 79.6 Å². The van der Waals surface area contributed by atoms with Crippen molar-refractivity contribution in [3.05, 3.63) is 47.3 Å². The van der Waals surface area contributed by atoms with Crippen molar-refractivity contribution in [2.75, 3.05) is 39.9 Å². The number of aryl methyl sites for hydroxylation is 1. The van der Waals surface area contributed by atoms with Crippen LogP contribution in [0.15, 0.2) is 29.3 Å². The Hall–Kier alpha value is -1.79. The first-order valence-electron chi connectivity index (χ1n) is 9.45. The number of guanidine groups is 1. The van der Waals surface area contributed by atoms with E-state index in [0.717, 1.165) is 30.3 Å². The van der Waals surface area contributed by atoms with Crippen LogP contribution >= 0.6 is 24.0 Å². The Morgan fingerprint density at radius 3 is 2.48 bits per heavy atom. The van der Waals surface area contributed by atoms with Crippen molar-refractivity contribution in [3.63, 3.8) is 0 Å². The molecule has 1 aliphatic rings. The van der Waals surface area contributed by atoms with Gasteiger partial charge in [0.1, 0.15) is 11.6 Å². The largest absolute Gasteiger partial charge is 0.379 e. The highest BCUT2D eigenvalue weighted by Gasteiger charge is 2.23. The van der Waals surface area contributed by atoms with Gasteiger partial charge in [0.05, 0.1) is 25.8 Å². The second kappa shape index (κ2) is 11.4. The van der Waals surface area contributed by atoms with Crippen molar-refractivity contribution in [1.82, 2.24) is 30.3 Å². The van der Waals surface area contributed by atoms with E-state index in [2.05, 4.69) is 30.7 Å². The molecule has 1 unspecified atom stereocenters. The second-order valence-corrected chi connectivity index (χ2v) is 6.74. The maximum Gasteiger partial charge on any atom is 0.191 e. The third-order valence-corrected chi connectivity index (χ3v) is 5.02. The number of nitrogens with zero attached hydrogens (tertiary/aromatic N) is 5. The number of nitrogens with one attached hydrogen (secondary N) is 2. The molecular formula is C19H29FIN7O. The molecule has 1 fully saturated rings. The van der Waals surface area contributed by atoms with E-state index in [1.807, 2.05) is 30.7 Å². The molecule has 29 heavy (non-hydrogen) atoms. The van der Waals surface area contributed by atoms with E-state index in [1.54, 1.807) is 7.05 Å². The van der Waals surface area contributed by atoms with Crippen molar-refractivity contribution in [3.8, 4) is 0 Å². The Kier molecular flexibility index (Phi) is 9.24. The number of ether oxygens (including phenoxy) is 1. The number of aromatic nitrogens is 3. The molecule has 2 aromatic rings. The maximum absolute atomic E-state index is 13.4. The quantitative estimate of drug-likeness (QED) is 0.345. The average molecular weight is 517 g/mol. The Labute approximate surface area is 188 Å². The molecule has 1 aromatic carbocycles. The number of benzene rings is 1. The van der Waals surface area contributed by atoms with Crippen LogP contribution in [0.1, 0.15) is 23.3 Å². The molecule has 2 N–H and O–H groups in total. The van der Waals surface area contributed by atoms with Crippen LogP contribution < -0.4 is 10.6 Å². The van der Waals surface area contributed by atoms with Crippen LogP contribution in [0.3, 0.4) is 0 Å². The smallest absolute Gasteiger partial charge is 0.191 e. The molecule has 1 atom stereocenters. The zero-order valence-electron chi connectivity index (χ0n) is 17.1. The second-order valence-electron chi connectivity index (χ2n) is 6.74. The fourth-order valence-corrected chi connectivity index (χ4v) is 3.21. The molecular weight excluding hydrogens is 488 g/mol. The summed E-state index contributed by atoms with van der Waals surface area (Å²) in [6.45, 7) is 6.17. The lowest BCUT2D eigenvalue weighted by Gasteiger charge is -2.35. The highest BCUT2D eigenvalue weighted by molar-refractivity contribution is 14.0. The van der Waals surface area contributed by atoms with E-state index in [-0.39, 0.29) is 35.8 Å². The summed E-state index contributed by atoms with van der Waals surface area (Å²) in [5.41, 5.74) is 1.06. The Balaban J connectivity index is 0.00000300. The molecule has 10 heteroatoms. The number of hydrogen-bond donors (Lipinski definition) is 2. The zero-order valence-corrected chi connectivity index (χ0v) is 19.4. The van der Waals surface area contributed by atoms with Gasteiger partial charge in [-0.2, -0.15) is 0 Å². The summed E-state index contributed by atoms with van der Waals surface area (Å²) in [5, 5.41) is 14.9. The van der Waals surface area contributed by atoms with Gasteiger partial charge in [-0.05, 0) is 24.6 Å². The van der Waals surface area contributed by atoms with Gasteiger partial charge in [0.25, 0.3) is 0 Å². The van der Waals surface area contributed by atoms with Gasteiger partial charge in [0, 0.05) is 33.7 Å². The van der Waals surface area contributed by atoms with E-state index >= 15 is 0 Å². The van der Waals surface area contributed by atoms with Crippen LogP contribution in [0.2, 0.25) is 0 Å². The third kappa shape index (κ3) is 6.34. The predicted molar refractivity (Wildman–Crippen MR) is 121 cm³/mol. The van der Waals surface area contributed by atoms with Crippen LogP contribution in [-0.2, 0) is 18.3 Å². The highest BCUT2D eigenvalue weighted by atomic mass is 127. The standard InChI is InChI=1S/C19H28FN7O.HI/c1-14-24-25-18(26(14)3)13-23-19(21-2)22-12-17(27-8-10-28-11-9-27)15-4-6-16(20)7-5-15;/h4-7,17H,8-13H2,1-3H3,(H2,21,22,23);1H. The molecule has 2 heterocycles. The monoisotopic (exact) mass is 517 g/mol. The number of hydrogen-bond acceptors (Lipinski definition) is 5. The van der Waals surface area contributed by atoms with Gasteiger partial charge in [0.15, 0.2) is 11.8 Å². The van der Waals surface area contributed by atoms with Gasteiger partial charge >= 0.3 is 0 Å². The van der Waals surface area contributed by atoms with Crippen molar-refractivity contribution in [1.29, 1.82) is 0 Å². The lowest BCUT2D eigenvalue weighted by molar-refractivity contribution is 0.0170. The highest BCUT2D eigenvalue weighted by Crippen LogP contribution is 2.21. The van der Waals surface area contributed by atoms with E-state index in [4.69, 9.17) is 4.74 Å². The molecule has 0 saturated carbocycles. The van der Waals surface area contributed by atoms with Gasteiger partial charge in [0.2, 0.25) is 0 Å². The first-order chi connectivity index (χ1) is 13.6. The summed E-state index contributed by atoms with van der Waals surface area (Å²) in [6, 6.07) is 6.80. The summed E-state index contributed by atoms with van der Waals surface area (Å²) >= 11 is 0. The predicted octanol–water partition coefficient (Wildman–Crippen LogP) is 1.62. The molecule has 0 aliphatic carbocycles. The lowest BCUT2D eigenvalue weighted by atomic mass is 10.0. The molecule has 0 spiro atoms. The summed E-state index contributed by atoms with van der Waals surface area (Å²) in [7, 11) is 3.67. The zero-order chi connectivity index (χ0) is 19.9. The molecule has 1 saturated heterocycles.